The summed E-state index contributed by atoms with van der Waals surface area (Å²) in [4.78, 5) is 19.3. The first-order chi connectivity index (χ1) is 15.5. The number of nitrogens with zero attached hydrogens (tertiary/aromatic N) is 5. The summed E-state index contributed by atoms with van der Waals surface area (Å²) in [5, 5.41) is 19.6. The Morgan fingerprint density at radius 1 is 1.34 bits per heavy atom. The van der Waals surface area contributed by atoms with Gasteiger partial charge in [-0.3, -0.25) is 14.8 Å². The van der Waals surface area contributed by atoms with Crippen molar-refractivity contribution in [3.8, 4) is 6.07 Å². The molecule has 2 aromatic heterocycles. The minimum Gasteiger partial charge on any atom is -0.326 e. The maximum Gasteiger partial charge on any atom is 0.239 e. The Labute approximate surface area is 186 Å². The van der Waals surface area contributed by atoms with Crippen molar-refractivity contribution in [2.45, 2.75) is 39.2 Å². The Morgan fingerprint density at radius 2 is 2.12 bits per heavy atom. The SMILES string of the molecule is Cc1c(C#N)c(NC(=O)CN2CCCC(c3ncn[nH]3)C2)n(Cc2ccc(F)cc2)c1C. The number of aromatic nitrogens is 4. The molecule has 0 aliphatic carbocycles. The number of aromatic amines is 1. The molecule has 1 amide bonds. The van der Waals surface area contributed by atoms with Crippen molar-refractivity contribution in [3.63, 3.8) is 0 Å². The molecule has 0 saturated carbocycles. The van der Waals surface area contributed by atoms with E-state index in [0.717, 1.165) is 48.6 Å². The molecule has 0 spiro atoms. The maximum absolute atomic E-state index is 13.3. The molecule has 1 aliphatic rings. The summed E-state index contributed by atoms with van der Waals surface area (Å²) >= 11 is 0. The molecular weight excluding hydrogens is 409 g/mol. The molecule has 2 N–H and O–H groups in total. The molecule has 8 nitrogen and oxygen atoms in total. The van der Waals surface area contributed by atoms with Crippen LogP contribution in [-0.4, -0.2) is 50.2 Å². The van der Waals surface area contributed by atoms with Crippen LogP contribution in [0.1, 0.15) is 47.0 Å². The molecule has 166 valence electrons. The van der Waals surface area contributed by atoms with Gasteiger partial charge in [-0.1, -0.05) is 12.1 Å². The summed E-state index contributed by atoms with van der Waals surface area (Å²) in [6, 6.07) is 8.46. The monoisotopic (exact) mass is 435 g/mol. The fourth-order valence-corrected chi connectivity index (χ4v) is 4.31. The Balaban J connectivity index is 1.50. The fraction of sp³-hybridized carbons (Fsp3) is 0.391. The standard InChI is InChI=1S/C23H26FN7O/c1-15-16(2)31(11-17-5-7-19(24)8-6-17)23(20(15)10-25)28-21(32)13-30-9-3-4-18(12-30)22-26-14-27-29-22/h5-8,14,18H,3-4,9,11-13H2,1-2H3,(H,28,32)(H,26,27,29). The number of carbonyl (C=O) groups is 1. The van der Waals surface area contributed by atoms with E-state index in [2.05, 4.69) is 31.5 Å². The smallest absolute Gasteiger partial charge is 0.239 e. The number of piperidine rings is 1. The summed E-state index contributed by atoms with van der Waals surface area (Å²) in [6.07, 6.45) is 3.48. The Morgan fingerprint density at radius 3 is 2.81 bits per heavy atom. The lowest BCUT2D eigenvalue weighted by Gasteiger charge is -2.31. The number of nitrogens with one attached hydrogen (secondary N) is 2. The highest BCUT2D eigenvalue weighted by atomic mass is 19.1. The number of carbonyl (C=O) groups excluding carboxylic acids is 1. The lowest BCUT2D eigenvalue weighted by atomic mass is 9.97. The molecule has 3 aromatic rings. The van der Waals surface area contributed by atoms with Gasteiger partial charge in [0, 0.05) is 24.7 Å². The predicted molar refractivity (Wildman–Crippen MR) is 118 cm³/mol. The second-order valence-corrected chi connectivity index (χ2v) is 8.25. The summed E-state index contributed by atoms with van der Waals surface area (Å²) in [5.74, 6) is 1.09. The fourth-order valence-electron chi connectivity index (χ4n) is 4.31. The lowest BCUT2D eigenvalue weighted by Crippen LogP contribution is -2.40. The zero-order valence-corrected chi connectivity index (χ0v) is 18.2. The highest BCUT2D eigenvalue weighted by Gasteiger charge is 2.26. The zero-order valence-electron chi connectivity index (χ0n) is 18.2. The van der Waals surface area contributed by atoms with Gasteiger partial charge < -0.3 is 9.88 Å². The number of hydrogen-bond donors (Lipinski definition) is 2. The molecule has 32 heavy (non-hydrogen) atoms. The van der Waals surface area contributed by atoms with Crippen molar-refractivity contribution in [2.24, 2.45) is 0 Å². The van der Waals surface area contributed by atoms with Gasteiger partial charge in [-0.25, -0.2) is 9.37 Å². The van der Waals surface area contributed by atoms with Crippen molar-refractivity contribution in [2.75, 3.05) is 25.0 Å². The molecule has 0 radical (unpaired) electrons. The molecule has 3 heterocycles. The third kappa shape index (κ3) is 4.55. The number of nitriles is 1. The number of halogens is 1. The van der Waals surface area contributed by atoms with Crippen molar-refractivity contribution >= 4 is 11.7 Å². The second kappa shape index (κ2) is 9.32. The average molecular weight is 436 g/mol. The largest absolute Gasteiger partial charge is 0.326 e. The predicted octanol–water partition coefficient (Wildman–Crippen LogP) is 3.10. The van der Waals surface area contributed by atoms with Crippen LogP contribution < -0.4 is 5.32 Å². The van der Waals surface area contributed by atoms with Crippen LogP contribution in [0.3, 0.4) is 0 Å². The Hall–Kier alpha value is -3.51. The maximum atomic E-state index is 13.3. The van der Waals surface area contributed by atoms with E-state index in [0.29, 0.717) is 17.9 Å². The van der Waals surface area contributed by atoms with Crippen LogP contribution in [0.5, 0.6) is 0 Å². The number of benzene rings is 1. The molecular formula is C23H26FN7O. The topological polar surface area (TPSA) is 103 Å². The number of anilines is 1. The van der Waals surface area contributed by atoms with Crippen LogP contribution in [0.2, 0.25) is 0 Å². The first-order valence-corrected chi connectivity index (χ1v) is 10.7. The van der Waals surface area contributed by atoms with Crippen LogP contribution in [0.4, 0.5) is 10.2 Å². The van der Waals surface area contributed by atoms with Gasteiger partial charge >= 0.3 is 0 Å². The van der Waals surface area contributed by atoms with Gasteiger partial charge in [0.25, 0.3) is 0 Å². The summed E-state index contributed by atoms with van der Waals surface area (Å²) < 4.78 is 15.2. The van der Waals surface area contributed by atoms with Crippen LogP contribution in [0.25, 0.3) is 0 Å². The van der Waals surface area contributed by atoms with Gasteiger partial charge in [0.1, 0.15) is 29.9 Å². The zero-order chi connectivity index (χ0) is 22.7. The van der Waals surface area contributed by atoms with Crippen LogP contribution in [0.15, 0.2) is 30.6 Å². The summed E-state index contributed by atoms with van der Waals surface area (Å²) in [5.41, 5.74) is 3.06. The van der Waals surface area contributed by atoms with Gasteiger partial charge in [-0.2, -0.15) is 10.4 Å². The summed E-state index contributed by atoms with van der Waals surface area (Å²) in [7, 11) is 0. The van der Waals surface area contributed by atoms with Gasteiger partial charge in [0.05, 0.1) is 12.1 Å². The van der Waals surface area contributed by atoms with E-state index >= 15 is 0 Å². The number of rotatable bonds is 6. The van der Waals surface area contributed by atoms with Crippen molar-refractivity contribution in [1.29, 1.82) is 5.26 Å². The number of amides is 1. The van der Waals surface area contributed by atoms with E-state index in [9.17, 15) is 14.4 Å². The minimum atomic E-state index is -0.300. The summed E-state index contributed by atoms with van der Waals surface area (Å²) in [6.45, 7) is 6.01. The van der Waals surface area contributed by atoms with Crippen LogP contribution in [0, 0.1) is 31.0 Å². The normalized spacial score (nSPS) is 16.6. The van der Waals surface area contributed by atoms with E-state index in [-0.39, 0.29) is 24.2 Å². The van der Waals surface area contributed by atoms with E-state index in [1.54, 1.807) is 12.1 Å². The van der Waals surface area contributed by atoms with Crippen molar-refractivity contribution in [3.05, 3.63) is 64.6 Å². The quantitative estimate of drug-likeness (QED) is 0.619. The number of H-pyrrole nitrogens is 1. The molecule has 4 rings (SSSR count). The highest BCUT2D eigenvalue weighted by Crippen LogP contribution is 2.28. The van der Waals surface area contributed by atoms with Crippen LogP contribution in [-0.2, 0) is 11.3 Å². The third-order valence-electron chi connectivity index (χ3n) is 6.15. The van der Waals surface area contributed by atoms with Crippen LogP contribution >= 0.6 is 0 Å². The lowest BCUT2D eigenvalue weighted by molar-refractivity contribution is -0.117. The second-order valence-electron chi connectivity index (χ2n) is 8.25. The van der Waals surface area contributed by atoms with Crippen molar-refractivity contribution in [1.82, 2.24) is 24.6 Å². The van der Waals surface area contributed by atoms with E-state index in [1.165, 1.54) is 18.5 Å². The molecule has 1 atom stereocenters. The third-order valence-corrected chi connectivity index (χ3v) is 6.15. The first-order valence-electron chi connectivity index (χ1n) is 10.7. The highest BCUT2D eigenvalue weighted by molar-refractivity contribution is 5.93. The number of hydrogen-bond acceptors (Lipinski definition) is 5. The molecule has 1 aromatic carbocycles. The van der Waals surface area contributed by atoms with E-state index in [4.69, 9.17) is 0 Å². The Bertz CT molecular complexity index is 1130. The van der Waals surface area contributed by atoms with Crippen molar-refractivity contribution < 1.29 is 9.18 Å². The molecule has 9 heteroatoms. The molecule has 1 aliphatic heterocycles. The van der Waals surface area contributed by atoms with E-state index in [1.807, 2.05) is 18.4 Å². The minimum absolute atomic E-state index is 0.169. The molecule has 1 unspecified atom stereocenters. The first kappa shape index (κ1) is 21.7. The molecule has 1 fully saturated rings. The van der Waals surface area contributed by atoms with Gasteiger partial charge in [0.15, 0.2) is 0 Å². The average Bonchev–Trinajstić information content (AvgIpc) is 3.39. The van der Waals surface area contributed by atoms with Gasteiger partial charge in [-0.15, -0.1) is 0 Å². The molecule has 1 saturated heterocycles. The Kier molecular flexibility index (Phi) is 6.32. The number of likely N-dealkylation sites (tertiary alicyclic amines) is 1. The van der Waals surface area contributed by atoms with E-state index < -0.39 is 0 Å². The van der Waals surface area contributed by atoms with Gasteiger partial charge in [0.2, 0.25) is 5.91 Å². The van der Waals surface area contributed by atoms with Gasteiger partial charge in [-0.05, 0) is 56.5 Å². The molecule has 0 bridgehead atoms.